The minimum atomic E-state index is -0.517. The van der Waals surface area contributed by atoms with Gasteiger partial charge in [0.1, 0.15) is 11.9 Å². The molecule has 0 aromatic carbocycles. The van der Waals surface area contributed by atoms with Crippen molar-refractivity contribution in [3.63, 3.8) is 0 Å². The number of anilines is 1. The summed E-state index contributed by atoms with van der Waals surface area (Å²) in [5.74, 6) is -0.261. The first kappa shape index (κ1) is 14.3. The molecule has 1 unspecified atom stereocenters. The predicted octanol–water partition coefficient (Wildman–Crippen LogP) is -0.478. The van der Waals surface area contributed by atoms with Crippen molar-refractivity contribution < 1.29 is 14.3 Å². The van der Waals surface area contributed by atoms with Crippen LogP contribution in [0, 0.1) is 0 Å². The number of amides is 1. The molecule has 1 aliphatic heterocycles. The second kappa shape index (κ2) is 6.33. The molecule has 1 amide bonds. The van der Waals surface area contributed by atoms with Crippen molar-refractivity contribution in [3.8, 4) is 0 Å². The molecule has 2 rings (SSSR count). The molecule has 0 aliphatic carbocycles. The van der Waals surface area contributed by atoms with Gasteiger partial charge < -0.3 is 20.7 Å². The zero-order valence-electron chi connectivity index (χ0n) is 11.3. The number of hydrogen-bond donors (Lipinski definition) is 2. The number of aromatic nitrogens is 1. The highest BCUT2D eigenvalue weighted by Crippen LogP contribution is 2.17. The van der Waals surface area contributed by atoms with Crippen LogP contribution in [0.15, 0.2) is 18.3 Å². The average molecular weight is 278 g/mol. The average Bonchev–Trinajstić information content (AvgIpc) is 2.47. The lowest BCUT2D eigenvalue weighted by molar-refractivity contribution is -0.144. The Hall–Kier alpha value is -2.15. The topological polar surface area (TPSA) is 97.5 Å². The van der Waals surface area contributed by atoms with Crippen LogP contribution in [-0.2, 0) is 9.53 Å². The lowest BCUT2D eigenvalue weighted by atomic mass is 10.1. The normalized spacial score (nSPS) is 18.6. The molecule has 3 N–H and O–H groups in total. The Labute approximate surface area is 117 Å². The number of rotatable bonds is 4. The van der Waals surface area contributed by atoms with E-state index in [0.29, 0.717) is 31.1 Å². The summed E-state index contributed by atoms with van der Waals surface area (Å²) in [7, 11) is 0. The maximum absolute atomic E-state index is 12.0. The Kier molecular flexibility index (Phi) is 4.52. The van der Waals surface area contributed by atoms with E-state index in [1.165, 1.54) is 6.20 Å². The molecule has 20 heavy (non-hydrogen) atoms. The van der Waals surface area contributed by atoms with Gasteiger partial charge in [-0.3, -0.25) is 4.79 Å². The molecule has 1 saturated heterocycles. The molecular formula is C13H18N4O3. The summed E-state index contributed by atoms with van der Waals surface area (Å²) in [6.45, 7) is 3.93. The number of primary amides is 1. The van der Waals surface area contributed by atoms with Crippen LogP contribution in [0.3, 0.4) is 0 Å². The van der Waals surface area contributed by atoms with Gasteiger partial charge in [0.05, 0.1) is 6.61 Å². The van der Waals surface area contributed by atoms with Crippen LogP contribution in [0.5, 0.6) is 0 Å². The second-order valence-corrected chi connectivity index (χ2v) is 4.43. The number of ether oxygens (including phenoxy) is 1. The van der Waals surface area contributed by atoms with Gasteiger partial charge >= 0.3 is 5.97 Å². The molecule has 1 aliphatic rings. The largest absolute Gasteiger partial charge is 0.464 e. The number of piperazine rings is 1. The highest BCUT2D eigenvalue weighted by atomic mass is 16.5. The Morgan fingerprint density at radius 1 is 1.60 bits per heavy atom. The molecule has 108 valence electrons. The summed E-state index contributed by atoms with van der Waals surface area (Å²) < 4.78 is 5.07. The third kappa shape index (κ3) is 3.05. The van der Waals surface area contributed by atoms with E-state index in [-0.39, 0.29) is 5.97 Å². The zero-order chi connectivity index (χ0) is 14.5. The lowest BCUT2D eigenvalue weighted by Gasteiger charge is -2.35. The van der Waals surface area contributed by atoms with Crippen molar-refractivity contribution in [2.75, 3.05) is 31.1 Å². The Morgan fingerprint density at radius 3 is 3.10 bits per heavy atom. The summed E-state index contributed by atoms with van der Waals surface area (Å²) in [4.78, 5) is 29.3. The van der Waals surface area contributed by atoms with Crippen LogP contribution in [-0.4, -0.2) is 49.1 Å². The number of nitrogens with zero attached hydrogens (tertiary/aromatic N) is 2. The van der Waals surface area contributed by atoms with E-state index in [1.807, 2.05) is 4.90 Å². The molecular weight excluding hydrogens is 260 g/mol. The third-order valence-corrected chi connectivity index (χ3v) is 3.13. The Bertz CT molecular complexity index is 506. The van der Waals surface area contributed by atoms with E-state index in [0.717, 1.165) is 6.54 Å². The van der Waals surface area contributed by atoms with E-state index < -0.39 is 11.9 Å². The molecule has 7 nitrogen and oxygen atoms in total. The molecule has 7 heteroatoms. The van der Waals surface area contributed by atoms with Crippen molar-refractivity contribution in [1.82, 2.24) is 10.3 Å². The molecule has 0 radical (unpaired) electrons. The zero-order valence-corrected chi connectivity index (χ0v) is 11.3. The number of carbonyl (C=O) groups excluding carboxylic acids is 2. The fourth-order valence-corrected chi connectivity index (χ4v) is 2.16. The van der Waals surface area contributed by atoms with E-state index in [2.05, 4.69) is 10.3 Å². The summed E-state index contributed by atoms with van der Waals surface area (Å²) in [5.41, 5.74) is 5.64. The fraction of sp³-hybridized carbons (Fsp3) is 0.462. The van der Waals surface area contributed by atoms with Crippen LogP contribution in [0.1, 0.15) is 17.3 Å². The molecule has 2 heterocycles. The van der Waals surface area contributed by atoms with Crippen molar-refractivity contribution in [3.05, 3.63) is 23.9 Å². The van der Waals surface area contributed by atoms with Gasteiger partial charge in [0.15, 0.2) is 0 Å². The van der Waals surface area contributed by atoms with Crippen molar-refractivity contribution in [2.24, 2.45) is 5.73 Å². The van der Waals surface area contributed by atoms with Crippen LogP contribution in [0.2, 0.25) is 0 Å². The quantitative estimate of drug-likeness (QED) is 0.722. The second-order valence-electron chi connectivity index (χ2n) is 4.43. The molecule has 1 atom stereocenters. The van der Waals surface area contributed by atoms with E-state index in [4.69, 9.17) is 10.5 Å². The van der Waals surface area contributed by atoms with Crippen LogP contribution < -0.4 is 16.0 Å². The highest BCUT2D eigenvalue weighted by Gasteiger charge is 2.30. The van der Waals surface area contributed by atoms with Crippen molar-refractivity contribution >= 4 is 17.7 Å². The Balaban J connectivity index is 2.25. The number of nitrogens with two attached hydrogens (primary N) is 1. The van der Waals surface area contributed by atoms with Crippen LogP contribution in [0.4, 0.5) is 5.82 Å². The minimum Gasteiger partial charge on any atom is -0.464 e. The van der Waals surface area contributed by atoms with Gasteiger partial charge in [0.25, 0.3) is 0 Å². The summed E-state index contributed by atoms with van der Waals surface area (Å²) >= 11 is 0. The molecule has 1 fully saturated rings. The predicted molar refractivity (Wildman–Crippen MR) is 73.4 cm³/mol. The highest BCUT2D eigenvalue weighted by molar-refractivity contribution is 5.93. The van der Waals surface area contributed by atoms with Gasteiger partial charge in [-0.25, -0.2) is 9.78 Å². The minimum absolute atomic E-state index is 0.300. The molecule has 1 aromatic rings. The SMILES string of the molecule is CCOC(=O)C1CNCCN1c1cc(C(N)=O)ccn1. The monoisotopic (exact) mass is 278 g/mol. The number of carbonyl (C=O) groups is 2. The maximum Gasteiger partial charge on any atom is 0.330 e. The molecule has 0 spiro atoms. The van der Waals surface area contributed by atoms with E-state index in [9.17, 15) is 9.59 Å². The van der Waals surface area contributed by atoms with Crippen LogP contribution >= 0.6 is 0 Å². The van der Waals surface area contributed by atoms with E-state index in [1.54, 1.807) is 19.1 Å². The standard InChI is InChI=1S/C13H18N4O3/c1-2-20-13(19)10-8-15-5-6-17(10)11-7-9(12(14)18)3-4-16-11/h3-4,7,10,15H,2,5-6,8H2,1H3,(H2,14,18). The lowest BCUT2D eigenvalue weighted by Crippen LogP contribution is -2.56. The van der Waals surface area contributed by atoms with Gasteiger partial charge in [0.2, 0.25) is 5.91 Å². The first-order chi connectivity index (χ1) is 9.63. The number of hydrogen-bond acceptors (Lipinski definition) is 6. The van der Waals surface area contributed by atoms with Gasteiger partial charge in [-0.2, -0.15) is 0 Å². The maximum atomic E-state index is 12.0. The smallest absolute Gasteiger partial charge is 0.330 e. The van der Waals surface area contributed by atoms with Gasteiger partial charge in [-0.15, -0.1) is 0 Å². The van der Waals surface area contributed by atoms with Crippen LogP contribution in [0.25, 0.3) is 0 Å². The summed E-state index contributed by atoms with van der Waals surface area (Å²) in [5, 5.41) is 3.15. The first-order valence-corrected chi connectivity index (χ1v) is 6.53. The fourth-order valence-electron chi connectivity index (χ4n) is 2.16. The first-order valence-electron chi connectivity index (χ1n) is 6.53. The molecule has 0 saturated carbocycles. The Morgan fingerprint density at radius 2 is 2.40 bits per heavy atom. The summed E-state index contributed by atoms with van der Waals surface area (Å²) in [6, 6.07) is 2.70. The number of esters is 1. The number of pyridine rings is 1. The van der Waals surface area contributed by atoms with Crippen molar-refractivity contribution in [2.45, 2.75) is 13.0 Å². The van der Waals surface area contributed by atoms with E-state index >= 15 is 0 Å². The van der Waals surface area contributed by atoms with Crippen molar-refractivity contribution in [1.29, 1.82) is 0 Å². The van der Waals surface area contributed by atoms with Gasteiger partial charge in [-0.05, 0) is 19.1 Å². The summed E-state index contributed by atoms with van der Waals surface area (Å²) in [6.07, 6.45) is 1.51. The molecule has 0 bridgehead atoms. The van der Waals surface area contributed by atoms with Gasteiger partial charge in [0, 0.05) is 31.4 Å². The number of nitrogens with one attached hydrogen (secondary N) is 1. The van der Waals surface area contributed by atoms with Gasteiger partial charge in [-0.1, -0.05) is 0 Å². The molecule has 1 aromatic heterocycles. The third-order valence-electron chi connectivity index (χ3n) is 3.13.